The molecule has 1 heterocycles. The van der Waals surface area contributed by atoms with Gasteiger partial charge in [0.2, 0.25) is 0 Å². The summed E-state index contributed by atoms with van der Waals surface area (Å²) in [6, 6.07) is 25.0. The molecule has 0 spiro atoms. The molecule has 0 saturated heterocycles. The minimum atomic E-state index is -0.141. The summed E-state index contributed by atoms with van der Waals surface area (Å²) in [6.45, 7) is 5.25. The molecule has 0 unspecified atom stereocenters. The van der Waals surface area contributed by atoms with E-state index in [1.165, 1.54) is 0 Å². The van der Waals surface area contributed by atoms with Crippen LogP contribution in [0.2, 0.25) is 0 Å². The zero-order valence-corrected chi connectivity index (χ0v) is 19.4. The van der Waals surface area contributed by atoms with Gasteiger partial charge < -0.3 is 15.4 Å². The van der Waals surface area contributed by atoms with Gasteiger partial charge in [0.1, 0.15) is 11.6 Å². The molecule has 0 fully saturated rings. The number of carbonyl (C=O) groups is 1. The van der Waals surface area contributed by atoms with Crippen LogP contribution in [0.3, 0.4) is 0 Å². The van der Waals surface area contributed by atoms with Gasteiger partial charge in [-0.25, -0.2) is 9.97 Å². The Kier molecular flexibility index (Phi) is 7.50. The molecule has 172 valence electrons. The lowest BCUT2D eigenvalue weighted by Gasteiger charge is -2.10. The lowest BCUT2D eigenvalue weighted by atomic mass is 10.1. The van der Waals surface area contributed by atoms with Crippen molar-refractivity contribution in [3.63, 3.8) is 0 Å². The molecule has 0 bridgehead atoms. The van der Waals surface area contributed by atoms with Crippen molar-refractivity contribution in [2.45, 2.75) is 26.8 Å². The van der Waals surface area contributed by atoms with Gasteiger partial charge >= 0.3 is 0 Å². The first-order chi connectivity index (χ1) is 16.6. The molecular formula is C28H28N4O2. The number of anilines is 2. The number of hydrogen-bond donors (Lipinski definition) is 2. The normalized spacial score (nSPS) is 10.5. The molecule has 4 rings (SSSR count). The molecule has 4 aromatic rings. The maximum absolute atomic E-state index is 12.7. The largest absolute Gasteiger partial charge is 0.494 e. The maximum Gasteiger partial charge on any atom is 0.251 e. The number of rotatable bonds is 9. The number of aromatic nitrogens is 2. The molecule has 34 heavy (non-hydrogen) atoms. The van der Waals surface area contributed by atoms with Crippen LogP contribution in [0.5, 0.6) is 5.75 Å². The second-order valence-electron chi connectivity index (χ2n) is 8.02. The maximum atomic E-state index is 12.7. The van der Waals surface area contributed by atoms with Crippen molar-refractivity contribution < 1.29 is 9.53 Å². The summed E-state index contributed by atoms with van der Waals surface area (Å²) in [7, 11) is 0. The van der Waals surface area contributed by atoms with Crippen LogP contribution in [-0.4, -0.2) is 22.5 Å². The summed E-state index contributed by atoms with van der Waals surface area (Å²) in [5.74, 6) is 2.01. The summed E-state index contributed by atoms with van der Waals surface area (Å²) in [4.78, 5) is 21.7. The van der Waals surface area contributed by atoms with E-state index >= 15 is 0 Å². The molecule has 0 atom stereocenters. The third-order valence-corrected chi connectivity index (χ3v) is 5.18. The molecule has 6 heteroatoms. The molecule has 1 amide bonds. The first-order valence-electron chi connectivity index (χ1n) is 11.4. The Morgan fingerprint density at radius 3 is 2.59 bits per heavy atom. The average molecular weight is 453 g/mol. The molecule has 1 aromatic heterocycles. The molecule has 3 aromatic carbocycles. The smallest absolute Gasteiger partial charge is 0.251 e. The van der Waals surface area contributed by atoms with Crippen LogP contribution in [0.15, 0.2) is 85.1 Å². The number of benzene rings is 3. The molecule has 2 N–H and O–H groups in total. The van der Waals surface area contributed by atoms with E-state index in [1.807, 2.05) is 67.6 Å². The number of ether oxygens (including phenoxy) is 1. The number of carbonyl (C=O) groups excluding carboxylic acids is 1. The summed E-state index contributed by atoms with van der Waals surface area (Å²) in [5, 5.41) is 6.25. The van der Waals surface area contributed by atoms with Gasteiger partial charge in [-0.15, -0.1) is 0 Å². The summed E-state index contributed by atoms with van der Waals surface area (Å²) in [5.41, 5.74) is 4.47. The first-order valence-corrected chi connectivity index (χ1v) is 11.4. The highest BCUT2D eigenvalue weighted by Crippen LogP contribution is 2.21. The van der Waals surface area contributed by atoms with Crippen molar-refractivity contribution in [2.75, 3.05) is 11.9 Å². The number of hydrogen-bond acceptors (Lipinski definition) is 5. The lowest BCUT2D eigenvalue weighted by Crippen LogP contribution is -2.22. The third kappa shape index (κ3) is 6.19. The van der Waals surface area contributed by atoms with Gasteiger partial charge in [0.05, 0.1) is 6.61 Å². The van der Waals surface area contributed by atoms with E-state index in [4.69, 9.17) is 4.74 Å². The van der Waals surface area contributed by atoms with Gasteiger partial charge in [-0.1, -0.05) is 48.9 Å². The van der Waals surface area contributed by atoms with Gasteiger partial charge in [-0.3, -0.25) is 4.79 Å². The Bertz CT molecular complexity index is 1260. The van der Waals surface area contributed by atoms with Crippen LogP contribution in [0.1, 0.15) is 34.8 Å². The van der Waals surface area contributed by atoms with Crippen molar-refractivity contribution in [2.24, 2.45) is 0 Å². The number of aryl methyl sites for hydroxylation is 1. The molecule has 0 saturated carbocycles. The Hall–Kier alpha value is -4.19. The van der Waals surface area contributed by atoms with E-state index in [0.717, 1.165) is 34.5 Å². The molecule has 0 radical (unpaired) electrons. The van der Waals surface area contributed by atoms with Crippen molar-refractivity contribution in [1.29, 1.82) is 0 Å². The van der Waals surface area contributed by atoms with Gasteiger partial charge in [-0.2, -0.15) is 0 Å². The van der Waals surface area contributed by atoms with Crippen LogP contribution in [0, 0.1) is 6.92 Å². The van der Waals surface area contributed by atoms with Gasteiger partial charge in [0.15, 0.2) is 5.82 Å². The summed E-state index contributed by atoms with van der Waals surface area (Å²) in [6.07, 6.45) is 2.69. The van der Waals surface area contributed by atoms with Crippen LogP contribution in [0.25, 0.3) is 11.4 Å². The molecule has 0 aliphatic carbocycles. The minimum Gasteiger partial charge on any atom is -0.494 e. The fraction of sp³-hybridized carbons (Fsp3) is 0.179. The summed E-state index contributed by atoms with van der Waals surface area (Å²) < 4.78 is 5.60. The van der Waals surface area contributed by atoms with Gasteiger partial charge in [0.25, 0.3) is 5.91 Å². The van der Waals surface area contributed by atoms with Crippen LogP contribution in [0.4, 0.5) is 11.5 Å². The highest BCUT2D eigenvalue weighted by molar-refractivity contribution is 5.95. The standard InChI is InChI=1S/C28H28N4O2/c1-3-16-34-25-12-10-21(11-13-25)19-30-28(33)23-8-5-9-24(18-23)31-26-14-15-29-27(32-26)22-7-4-6-20(2)17-22/h4-15,17-18H,3,16,19H2,1-2H3,(H,30,33)(H,29,31,32). The predicted molar refractivity (Wildman–Crippen MR) is 135 cm³/mol. The predicted octanol–water partition coefficient (Wildman–Crippen LogP) is 5.91. The van der Waals surface area contributed by atoms with Crippen LogP contribution in [-0.2, 0) is 6.54 Å². The Morgan fingerprint density at radius 1 is 0.971 bits per heavy atom. The Morgan fingerprint density at radius 2 is 1.79 bits per heavy atom. The van der Waals surface area contributed by atoms with E-state index in [2.05, 4.69) is 33.6 Å². The van der Waals surface area contributed by atoms with E-state index in [9.17, 15) is 4.79 Å². The minimum absolute atomic E-state index is 0.141. The van der Waals surface area contributed by atoms with Gasteiger partial charge in [0, 0.05) is 29.6 Å². The van der Waals surface area contributed by atoms with Crippen LogP contribution < -0.4 is 15.4 Å². The Balaban J connectivity index is 1.39. The SMILES string of the molecule is CCCOc1ccc(CNC(=O)c2cccc(Nc3ccnc(-c4cccc(C)c4)n3)c2)cc1. The van der Waals surface area contributed by atoms with E-state index < -0.39 is 0 Å². The zero-order chi connectivity index (χ0) is 23.8. The first kappa shape index (κ1) is 23.0. The van der Waals surface area contributed by atoms with Crippen molar-refractivity contribution in [1.82, 2.24) is 15.3 Å². The summed E-state index contributed by atoms with van der Waals surface area (Å²) >= 11 is 0. The number of nitrogens with one attached hydrogen (secondary N) is 2. The second kappa shape index (κ2) is 11.1. The average Bonchev–Trinajstić information content (AvgIpc) is 2.87. The highest BCUT2D eigenvalue weighted by Gasteiger charge is 2.08. The lowest BCUT2D eigenvalue weighted by molar-refractivity contribution is 0.0951. The molecular weight excluding hydrogens is 424 g/mol. The zero-order valence-electron chi connectivity index (χ0n) is 19.4. The topological polar surface area (TPSA) is 76.1 Å². The van der Waals surface area contributed by atoms with Crippen LogP contribution >= 0.6 is 0 Å². The van der Waals surface area contributed by atoms with Crippen molar-refractivity contribution in [3.8, 4) is 17.1 Å². The quantitative estimate of drug-likeness (QED) is 0.330. The number of nitrogens with zero attached hydrogens (tertiary/aromatic N) is 2. The highest BCUT2D eigenvalue weighted by atomic mass is 16.5. The van der Waals surface area contributed by atoms with Crippen molar-refractivity contribution in [3.05, 3.63) is 102 Å². The molecule has 0 aliphatic heterocycles. The monoisotopic (exact) mass is 452 g/mol. The Labute approximate surface area is 200 Å². The number of amides is 1. The fourth-order valence-electron chi connectivity index (χ4n) is 3.45. The second-order valence-corrected chi connectivity index (χ2v) is 8.02. The van der Waals surface area contributed by atoms with E-state index in [-0.39, 0.29) is 5.91 Å². The van der Waals surface area contributed by atoms with E-state index in [1.54, 1.807) is 18.3 Å². The van der Waals surface area contributed by atoms with Crippen molar-refractivity contribution >= 4 is 17.4 Å². The van der Waals surface area contributed by atoms with Gasteiger partial charge in [-0.05, 0) is 61.4 Å². The van der Waals surface area contributed by atoms with E-state index in [0.29, 0.717) is 30.4 Å². The molecule has 0 aliphatic rings. The third-order valence-electron chi connectivity index (χ3n) is 5.18. The fourth-order valence-corrected chi connectivity index (χ4v) is 3.45. The molecule has 6 nitrogen and oxygen atoms in total.